The van der Waals surface area contributed by atoms with E-state index in [4.69, 9.17) is 11.6 Å². The van der Waals surface area contributed by atoms with E-state index in [1.807, 2.05) is 6.92 Å². The summed E-state index contributed by atoms with van der Waals surface area (Å²) in [5, 5.41) is 3.22. The van der Waals surface area contributed by atoms with Gasteiger partial charge < -0.3 is 5.32 Å². The number of anilines is 1. The summed E-state index contributed by atoms with van der Waals surface area (Å²) in [6, 6.07) is 13.0. The maximum Gasteiger partial charge on any atom is 0.264 e. The van der Waals surface area contributed by atoms with E-state index in [0.717, 1.165) is 10.7 Å². The second-order valence-electron chi connectivity index (χ2n) is 5.61. The fourth-order valence-electron chi connectivity index (χ4n) is 2.37. The van der Waals surface area contributed by atoms with Gasteiger partial charge in [0.15, 0.2) is 0 Å². The van der Waals surface area contributed by atoms with Crippen LogP contribution in [0, 0.1) is 6.92 Å². The zero-order valence-corrected chi connectivity index (χ0v) is 15.8. The quantitative estimate of drug-likeness (QED) is 0.800. The van der Waals surface area contributed by atoms with Crippen molar-refractivity contribution < 1.29 is 13.2 Å². The lowest BCUT2D eigenvalue weighted by molar-refractivity contribution is -0.119. The predicted octanol–water partition coefficient (Wildman–Crippen LogP) is 3.37. The number of nitrogens with one attached hydrogen (secondary N) is 1. The molecule has 1 amide bonds. The molecule has 5 nitrogen and oxygen atoms in total. The van der Waals surface area contributed by atoms with Crippen molar-refractivity contribution in [2.24, 2.45) is 0 Å². The maximum atomic E-state index is 13.1. The molecule has 0 radical (unpaired) electrons. The van der Waals surface area contributed by atoms with Gasteiger partial charge in [-0.25, -0.2) is 8.42 Å². The number of aryl methyl sites for hydroxylation is 1. The van der Waals surface area contributed by atoms with Gasteiger partial charge in [-0.3, -0.25) is 9.10 Å². The van der Waals surface area contributed by atoms with Crippen LogP contribution in [0.4, 0.5) is 5.69 Å². The molecule has 0 aliphatic carbocycles. The van der Waals surface area contributed by atoms with Gasteiger partial charge in [-0.15, -0.1) is 0 Å². The molecule has 25 heavy (non-hydrogen) atoms. The third-order valence-corrected chi connectivity index (χ3v) is 5.63. The van der Waals surface area contributed by atoms with Gasteiger partial charge in [-0.2, -0.15) is 0 Å². The van der Waals surface area contributed by atoms with Crippen LogP contribution in [0.3, 0.4) is 0 Å². The third kappa shape index (κ3) is 4.74. The molecule has 134 valence electrons. The Bertz CT molecular complexity index is 839. The molecule has 0 atom stereocenters. The van der Waals surface area contributed by atoms with E-state index < -0.39 is 10.0 Å². The third-order valence-electron chi connectivity index (χ3n) is 3.62. The molecule has 0 heterocycles. The van der Waals surface area contributed by atoms with Crippen LogP contribution >= 0.6 is 11.6 Å². The molecule has 0 saturated carbocycles. The van der Waals surface area contributed by atoms with Crippen molar-refractivity contribution in [2.45, 2.75) is 25.2 Å². The average molecular weight is 381 g/mol. The topological polar surface area (TPSA) is 66.5 Å². The van der Waals surface area contributed by atoms with Gasteiger partial charge in [0.05, 0.1) is 10.6 Å². The summed E-state index contributed by atoms with van der Waals surface area (Å²) < 4.78 is 27.3. The minimum absolute atomic E-state index is 0.132. The molecule has 2 aromatic rings. The minimum atomic E-state index is -3.88. The van der Waals surface area contributed by atoms with Gasteiger partial charge in [0.2, 0.25) is 5.91 Å². The van der Waals surface area contributed by atoms with Gasteiger partial charge in [-0.05, 0) is 49.2 Å². The van der Waals surface area contributed by atoms with Crippen molar-refractivity contribution in [3.63, 3.8) is 0 Å². The van der Waals surface area contributed by atoms with Gasteiger partial charge in [-0.1, -0.05) is 36.7 Å². The summed E-state index contributed by atoms with van der Waals surface area (Å²) >= 11 is 5.98. The second-order valence-corrected chi connectivity index (χ2v) is 7.90. The molecular weight excluding hydrogens is 360 g/mol. The van der Waals surface area contributed by atoms with Crippen molar-refractivity contribution >= 4 is 33.2 Å². The summed E-state index contributed by atoms with van der Waals surface area (Å²) in [4.78, 5) is 12.3. The number of carbonyl (C=O) groups excluding carboxylic acids is 1. The minimum Gasteiger partial charge on any atom is -0.355 e. The highest BCUT2D eigenvalue weighted by Crippen LogP contribution is 2.28. The highest BCUT2D eigenvalue weighted by molar-refractivity contribution is 7.92. The molecule has 1 N–H and O–H groups in total. The number of carbonyl (C=O) groups is 1. The Morgan fingerprint density at radius 2 is 1.84 bits per heavy atom. The van der Waals surface area contributed by atoms with Crippen LogP contribution in [0.5, 0.6) is 0 Å². The van der Waals surface area contributed by atoms with Crippen molar-refractivity contribution in [1.29, 1.82) is 0 Å². The summed E-state index contributed by atoms with van der Waals surface area (Å²) in [5.74, 6) is -0.351. The molecule has 0 unspecified atom stereocenters. The Morgan fingerprint density at radius 3 is 2.44 bits per heavy atom. The molecule has 0 bridgehead atoms. The Hall–Kier alpha value is -2.05. The molecule has 0 aliphatic heterocycles. The van der Waals surface area contributed by atoms with Crippen molar-refractivity contribution in [3.05, 3.63) is 59.1 Å². The molecule has 0 spiro atoms. The predicted molar refractivity (Wildman–Crippen MR) is 100 cm³/mol. The van der Waals surface area contributed by atoms with Crippen LogP contribution in [0.25, 0.3) is 0 Å². The lowest BCUT2D eigenvalue weighted by Gasteiger charge is -2.25. The zero-order chi connectivity index (χ0) is 18.4. The van der Waals surface area contributed by atoms with Crippen LogP contribution in [0.2, 0.25) is 5.02 Å². The van der Waals surface area contributed by atoms with E-state index in [-0.39, 0.29) is 17.3 Å². The fourth-order valence-corrected chi connectivity index (χ4v) is 4.10. The summed E-state index contributed by atoms with van der Waals surface area (Å²) in [6.45, 7) is 3.90. The number of amides is 1. The standard InChI is InChI=1S/C18H21ClN2O3S/c1-3-11-20-18(22)13-21(17-10-9-15(19)12-14(17)2)25(23,24)16-7-5-4-6-8-16/h4-10,12H,3,11,13H2,1-2H3,(H,20,22). The van der Waals surface area contributed by atoms with E-state index in [9.17, 15) is 13.2 Å². The smallest absolute Gasteiger partial charge is 0.264 e. The molecule has 0 saturated heterocycles. The Kier molecular flexibility index (Phi) is 6.45. The SMILES string of the molecule is CCCNC(=O)CN(c1ccc(Cl)cc1C)S(=O)(=O)c1ccccc1. The summed E-state index contributed by atoms with van der Waals surface area (Å²) in [5.41, 5.74) is 1.11. The first kappa shape index (κ1) is 19.3. The molecule has 0 aliphatic rings. The number of nitrogens with zero attached hydrogens (tertiary/aromatic N) is 1. The van der Waals surface area contributed by atoms with Gasteiger partial charge >= 0.3 is 0 Å². The maximum absolute atomic E-state index is 13.1. The first-order valence-electron chi connectivity index (χ1n) is 7.97. The van der Waals surface area contributed by atoms with Crippen molar-refractivity contribution in [2.75, 3.05) is 17.4 Å². The first-order valence-corrected chi connectivity index (χ1v) is 9.78. The van der Waals surface area contributed by atoms with Crippen LogP contribution < -0.4 is 9.62 Å². The summed E-state index contributed by atoms with van der Waals surface area (Å²) in [6.07, 6.45) is 0.775. The number of sulfonamides is 1. The van der Waals surface area contributed by atoms with Crippen LogP contribution in [-0.2, 0) is 14.8 Å². The highest BCUT2D eigenvalue weighted by Gasteiger charge is 2.28. The number of rotatable bonds is 7. The number of hydrogen-bond acceptors (Lipinski definition) is 3. The van der Waals surface area contributed by atoms with Gasteiger partial charge in [0, 0.05) is 11.6 Å². The van der Waals surface area contributed by atoms with E-state index in [1.54, 1.807) is 43.3 Å². The average Bonchev–Trinajstić information content (AvgIpc) is 2.59. The second kappa shape index (κ2) is 8.36. The Morgan fingerprint density at radius 1 is 1.16 bits per heavy atom. The number of halogens is 1. The van der Waals surface area contributed by atoms with Gasteiger partial charge in [0.1, 0.15) is 6.54 Å². The van der Waals surface area contributed by atoms with Crippen LogP contribution in [-0.4, -0.2) is 27.4 Å². The lowest BCUT2D eigenvalue weighted by Crippen LogP contribution is -2.41. The molecule has 0 fully saturated rings. The Labute approximate surface area is 153 Å². The Balaban J connectivity index is 2.47. The van der Waals surface area contributed by atoms with Crippen molar-refractivity contribution in [1.82, 2.24) is 5.32 Å². The number of benzene rings is 2. The van der Waals surface area contributed by atoms with E-state index in [1.165, 1.54) is 12.1 Å². The monoisotopic (exact) mass is 380 g/mol. The molecule has 0 aromatic heterocycles. The van der Waals surface area contributed by atoms with Crippen LogP contribution in [0.15, 0.2) is 53.4 Å². The lowest BCUT2D eigenvalue weighted by atomic mass is 10.2. The molecular formula is C18H21ClN2O3S. The van der Waals surface area contributed by atoms with E-state index >= 15 is 0 Å². The highest BCUT2D eigenvalue weighted by atomic mass is 35.5. The number of hydrogen-bond donors (Lipinski definition) is 1. The molecule has 2 aromatic carbocycles. The van der Waals surface area contributed by atoms with Crippen LogP contribution in [0.1, 0.15) is 18.9 Å². The summed E-state index contributed by atoms with van der Waals surface area (Å²) in [7, 11) is -3.88. The normalized spacial score (nSPS) is 11.2. The van der Waals surface area contributed by atoms with E-state index in [0.29, 0.717) is 22.8 Å². The van der Waals surface area contributed by atoms with E-state index in [2.05, 4.69) is 5.32 Å². The largest absolute Gasteiger partial charge is 0.355 e. The fraction of sp³-hybridized carbons (Fsp3) is 0.278. The first-order chi connectivity index (χ1) is 11.9. The molecule has 2 rings (SSSR count). The molecule has 7 heteroatoms. The van der Waals surface area contributed by atoms with Crippen molar-refractivity contribution in [3.8, 4) is 0 Å². The zero-order valence-electron chi connectivity index (χ0n) is 14.2. The van der Waals surface area contributed by atoms with Gasteiger partial charge in [0.25, 0.3) is 10.0 Å².